The minimum Gasteiger partial charge on any atom is -0.316 e. The second-order valence-electron chi connectivity index (χ2n) is 5.18. The van der Waals surface area contributed by atoms with Crippen LogP contribution in [0.2, 0.25) is 0 Å². The smallest absolute Gasteiger partial charge is 0.150 e. The Morgan fingerprint density at radius 2 is 2.00 bits per heavy atom. The van der Waals surface area contributed by atoms with E-state index in [2.05, 4.69) is 19.2 Å². The van der Waals surface area contributed by atoms with Crippen molar-refractivity contribution in [2.75, 3.05) is 24.6 Å². The second-order valence-corrected chi connectivity index (χ2v) is 7.66. The van der Waals surface area contributed by atoms with Crippen molar-refractivity contribution in [1.82, 2.24) is 5.32 Å². The lowest BCUT2D eigenvalue weighted by Crippen LogP contribution is -2.22. The van der Waals surface area contributed by atoms with Gasteiger partial charge in [0.2, 0.25) is 0 Å². The summed E-state index contributed by atoms with van der Waals surface area (Å²) in [4.78, 5) is 0. The molecule has 0 spiro atoms. The van der Waals surface area contributed by atoms with Gasteiger partial charge in [0.05, 0.1) is 5.75 Å². The summed E-state index contributed by atoms with van der Waals surface area (Å²) in [6.45, 7) is 8.13. The molecule has 3 nitrogen and oxygen atoms in total. The molecule has 0 saturated heterocycles. The van der Waals surface area contributed by atoms with E-state index in [4.69, 9.17) is 0 Å². The number of rotatable bonds is 7. The maximum Gasteiger partial charge on any atom is 0.150 e. The van der Waals surface area contributed by atoms with Gasteiger partial charge in [0.1, 0.15) is 9.84 Å². The molecule has 4 heteroatoms. The Morgan fingerprint density at radius 3 is 2.47 bits per heavy atom. The molecule has 0 aromatic heterocycles. The van der Waals surface area contributed by atoms with Gasteiger partial charge in [0, 0.05) is 5.75 Å². The Balaban J connectivity index is 1.99. The van der Waals surface area contributed by atoms with Crippen LogP contribution < -0.4 is 5.32 Å². The molecule has 1 aliphatic rings. The molecule has 0 aromatic rings. The van der Waals surface area contributed by atoms with Crippen LogP contribution in [-0.2, 0) is 9.84 Å². The number of hydrogen-bond acceptors (Lipinski definition) is 3. The number of nitrogens with one attached hydrogen (secondary N) is 1. The highest BCUT2D eigenvalue weighted by Crippen LogP contribution is 2.50. The Morgan fingerprint density at radius 1 is 1.40 bits per heavy atom. The van der Waals surface area contributed by atoms with Crippen LogP contribution in [-0.4, -0.2) is 33.0 Å². The fourth-order valence-corrected chi connectivity index (χ4v) is 2.64. The van der Waals surface area contributed by atoms with Crippen LogP contribution in [0.25, 0.3) is 0 Å². The molecule has 1 atom stereocenters. The van der Waals surface area contributed by atoms with E-state index >= 15 is 0 Å². The van der Waals surface area contributed by atoms with E-state index in [1.165, 1.54) is 6.42 Å². The summed E-state index contributed by atoms with van der Waals surface area (Å²) in [6.07, 6.45) is 2.04. The van der Waals surface area contributed by atoms with Gasteiger partial charge in [-0.05, 0) is 37.3 Å². The lowest BCUT2D eigenvalue weighted by molar-refractivity contribution is 0.518. The summed E-state index contributed by atoms with van der Waals surface area (Å²) in [7, 11) is -2.77. The zero-order chi connectivity index (χ0) is 11.5. The molecule has 1 rings (SSSR count). The lowest BCUT2D eigenvalue weighted by Gasteiger charge is -2.06. The first-order valence-electron chi connectivity index (χ1n) is 5.78. The van der Waals surface area contributed by atoms with Crippen LogP contribution in [0, 0.1) is 11.3 Å². The van der Waals surface area contributed by atoms with Gasteiger partial charge in [-0.15, -0.1) is 0 Å². The van der Waals surface area contributed by atoms with E-state index in [0.29, 0.717) is 11.2 Å². The molecule has 0 aromatic carbocycles. The van der Waals surface area contributed by atoms with Crippen molar-refractivity contribution < 1.29 is 8.42 Å². The summed E-state index contributed by atoms with van der Waals surface area (Å²) in [5.41, 5.74) is 0.516. The van der Waals surface area contributed by atoms with E-state index in [-0.39, 0.29) is 5.75 Å². The largest absolute Gasteiger partial charge is 0.316 e. The summed E-state index contributed by atoms with van der Waals surface area (Å²) < 4.78 is 22.4. The third kappa shape index (κ3) is 4.51. The Labute approximate surface area is 93.6 Å². The molecular weight excluding hydrogens is 210 g/mol. The summed E-state index contributed by atoms with van der Waals surface area (Å²) in [5.74, 6) is 1.38. The van der Waals surface area contributed by atoms with Crippen LogP contribution in [0.5, 0.6) is 0 Å². The zero-order valence-corrected chi connectivity index (χ0v) is 10.9. The van der Waals surface area contributed by atoms with Gasteiger partial charge in [-0.1, -0.05) is 20.8 Å². The molecule has 0 radical (unpaired) electrons. The predicted octanol–water partition coefficient (Wildman–Crippen LogP) is 1.45. The fourth-order valence-electron chi connectivity index (χ4n) is 1.76. The van der Waals surface area contributed by atoms with Crippen molar-refractivity contribution in [1.29, 1.82) is 0 Å². The molecule has 15 heavy (non-hydrogen) atoms. The first-order valence-corrected chi connectivity index (χ1v) is 7.60. The number of sulfone groups is 1. The molecule has 1 fully saturated rings. The van der Waals surface area contributed by atoms with Gasteiger partial charge in [-0.3, -0.25) is 0 Å². The number of hydrogen-bond donors (Lipinski definition) is 1. The van der Waals surface area contributed by atoms with E-state index < -0.39 is 9.84 Å². The standard InChI is InChI=1S/C11H23NO2S/c1-4-15(13,14)7-5-6-12-9-10-8-11(10,2)3/h10,12H,4-9H2,1-3H3. The molecule has 0 bridgehead atoms. The Hall–Kier alpha value is -0.0900. The van der Waals surface area contributed by atoms with Crippen molar-refractivity contribution >= 4 is 9.84 Å². The predicted molar refractivity (Wildman–Crippen MR) is 63.7 cm³/mol. The molecule has 1 aliphatic carbocycles. The normalized spacial score (nSPS) is 24.1. The Kier molecular flexibility index (Phi) is 4.18. The van der Waals surface area contributed by atoms with Crippen LogP contribution in [0.1, 0.15) is 33.6 Å². The first kappa shape index (κ1) is 13.0. The topological polar surface area (TPSA) is 46.2 Å². The average Bonchev–Trinajstić information content (AvgIpc) is 2.73. The maximum atomic E-state index is 11.2. The van der Waals surface area contributed by atoms with Crippen LogP contribution in [0.4, 0.5) is 0 Å². The Bertz CT molecular complexity index is 296. The van der Waals surface area contributed by atoms with Gasteiger partial charge in [0.15, 0.2) is 0 Å². The molecule has 1 N–H and O–H groups in total. The van der Waals surface area contributed by atoms with Crippen LogP contribution in [0.3, 0.4) is 0 Å². The van der Waals surface area contributed by atoms with E-state index in [9.17, 15) is 8.42 Å². The maximum absolute atomic E-state index is 11.2. The molecule has 1 saturated carbocycles. The highest BCUT2D eigenvalue weighted by molar-refractivity contribution is 7.91. The van der Waals surface area contributed by atoms with E-state index in [1.807, 2.05) is 0 Å². The fraction of sp³-hybridized carbons (Fsp3) is 1.00. The van der Waals surface area contributed by atoms with Crippen molar-refractivity contribution in [2.24, 2.45) is 11.3 Å². The van der Waals surface area contributed by atoms with Gasteiger partial charge in [0.25, 0.3) is 0 Å². The molecule has 0 amide bonds. The second kappa shape index (κ2) is 4.83. The molecule has 90 valence electrons. The summed E-state index contributed by atoms with van der Waals surface area (Å²) >= 11 is 0. The van der Waals surface area contributed by atoms with Crippen molar-refractivity contribution in [3.05, 3.63) is 0 Å². The van der Waals surface area contributed by atoms with Gasteiger partial charge in [-0.25, -0.2) is 8.42 Å². The van der Waals surface area contributed by atoms with Crippen molar-refractivity contribution in [2.45, 2.75) is 33.6 Å². The lowest BCUT2D eigenvalue weighted by atomic mass is 10.1. The molecule has 1 unspecified atom stereocenters. The van der Waals surface area contributed by atoms with Gasteiger partial charge >= 0.3 is 0 Å². The third-order valence-corrected chi connectivity index (χ3v) is 5.15. The summed E-state index contributed by atoms with van der Waals surface area (Å²) in [5, 5.41) is 3.34. The van der Waals surface area contributed by atoms with Crippen LogP contribution >= 0.6 is 0 Å². The van der Waals surface area contributed by atoms with E-state index in [1.54, 1.807) is 6.92 Å². The third-order valence-electron chi connectivity index (χ3n) is 3.36. The first-order chi connectivity index (χ1) is 6.87. The van der Waals surface area contributed by atoms with Crippen molar-refractivity contribution in [3.63, 3.8) is 0 Å². The van der Waals surface area contributed by atoms with Crippen molar-refractivity contribution in [3.8, 4) is 0 Å². The minimum absolute atomic E-state index is 0.267. The zero-order valence-electron chi connectivity index (χ0n) is 10.0. The highest BCUT2D eigenvalue weighted by atomic mass is 32.2. The van der Waals surface area contributed by atoms with Gasteiger partial charge in [-0.2, -0.15) is 0 Å². The average molecular weight is 233 g/mol. The SMILES string of the molecule is CCS(=O)(=O)CCCNCC1CC1(C)C. The van der Waals surface area contributed by atoms with E-state index in [0.717, 1.165) is 25.4 Å². The highest BCUT2D eigenvalue weighted by Gasteiger charge is 2.44. The van der Waals surface area contributed by atoms with Gasteiger partial charge < -0.3 is 5.32 Å². The minimum atomic E-state index is -2.77. The molecule has 0 heterocycles. The molecule has 0 aliphatic heterocycles. The summed E-state index contributed by atoms with van der Waals surface area (Å²) in [6, 6.07) is 0. The van der Waals surface area contributed by atoms with Crippen LogP contribution in [0.15, 0.2) is 0 Å². The monoisotopic (exact) mass is 233 g/mol. The quantitative estimate of drug-likeness (QED) is 0.677. The molecular formula is C11H23NO2S.